The van der Waals surface area contributed by atoms with E-state index in [1.807, 2.05) is 43.4 Å². The lowest BCUT2D eigenvalue weighted by atomic mass is 10.2. The van der Waals surface area contributed by atoms with Crippen LogP contribution in [0.3, 0.4) is 0 Å². The number of fused-ring (bicyclic) bond motifs is 1. The van der Waals surface area contributed by atoms with E-state index in [9.17, 15) is 4.79 Å². The monoisotopic (exact) mass is 377 g/mol. The van der Waals surface area contributed by atoms with Crippen molar-refractivity contribution in [2.75, 3.05) is 5.32 Å². The van der Waals surface area contributed by atoms with Crippen LogP contribution < -0.4 is 5.32 Å². The van der Waals surface area contributed by atoms with Crippen LogP contribution in [0.2, 0.25) is 0 Å². The summed E-state index contributed by atoms with van der Waals surface area (Å²) in [7, 11) is 1.90. The van der Waals surface area contributed by atoms with Gasteiger partial charge in [0, 0.05) is 27.3 Å². The first-order valence-electron chi connectivity index (χ1n) is 6.12. The lowest BCUT2D eigenvalue weighted by Gasteiger charge is -2.06. The third-order valence-corrected chi connectivity index (χ3v) is 3.76. The van der Waals surface area contributed by atoms with Gasteiger partial charge in [0.15, 0.2) is 0 Å². The SMILES string of the molecule is Cn1ncc2cc(NC(=O)c3cccc(I)c3)ccc21. The molecule has 0 aliphatic carbocycles. The molecule has 5 heteroatoms. The number of hydrogen-bond donors (Lipinski definition) is 1. The fourth-order valence-corrected chi connectivity index (χ4v) is 2.62. The highest BCUT2D eigenvalue weighted by molar-refractivity contribution is 14.1. The van der Waals surface area contributed by atoms with Crippen molar-refractivity contribution in [2.45, 2.75) is 0 Å². The second kappa shape index (κ2) is 5.24. The summed E-state index contributed by atoms with van der Waals surface area (Å²) in [5, 5.41) is 8.10. The zero-order valence-electron chi connectivity index (χ0n) is 10.8. The predicted octanol–water partition coefficient (Wildman–Crippen LogP) is 3.43. The third-order valence-electron chi connectivity index (χ3n) is 3.09. The standard InChI is InChI=1S/C15H12IN3O/c1-19-14-6-5-13(8-11(14)9-17-19)18-15(20)10-3-2-4-12(16)7-10/h2-9H,1H3,(H,18,20). The average Bonchev–Trinajstić information content (AvgIpc) is 2.80. The lowest BCUT2D eigenvalue weighted by Crippen LogP contribution is -2.11. The molecule has 0 spiro atoms. The number of nitrogens with zero attached hydrogens (tertiary/aromatic N) is 2. The zero-order valence-corrected chi connectivity index (χ0v) is 13.0. The van der Waals surface area contributed by atoms with Gasteiger partial charge in [-0.25, -0.2) is 0 Å². The van der Waals surface area contributed by atoms with Crippen molar-refractivity contribution in [3.8, 4) is 0 Å². The summed E-state index contributed by atoms with van der Waals surface area (Å²) in [4.78, 5) is 12.2. The Balaban J connectivity index is 1.87. The normalized spacial score (nSPS) is 10.7. The first kappa shape index (κ1) is 13.1. The van der Waals surface area contributed by atoms with Crippen molar-refractivity contribution in [1.82, 2.24) is 9.78 Å². The number of hydrogen-bond acceptors (Lipinski definition) is 2. The molecule has 0 bridgehead atoms. The number of halogens is 1. The molecule has 1 amide bonds. The molecule has 20 heavy (non-hydrogen) atoms. The molecule has 4 nitrogen and oxygen atoms in total. The van der Waals surface area contributed by atoms with E-state index in [2.05, 4.69) is 33.0 Å². The van der Waals surface area contributed by atoms with Crippen molar-refractivity contribution < 1.29 is 4.79 Å². The van der Waals surface area contributed by atoms with Crippen LogP contribution >= 0.6 is 22.6 Å². The smallest absolute Gasteiger partial charge is 0.255 e. The first-order chi connectivity index (χ1) is 9.63. The van der Waals surface area contributed by atoms with Crippen molar-refractivity contribution >= 4 is 45.1 Å². The lowest BCUT2D eigenvalue weighted by molar-refractivity contribution is 0.102. The Labute approximate surface area is 129 Å². The highest BCUT2D eigenvalue weighted by atomic mass is 127. The zero-order chi connectivity index (χ0) is 14.1. The van der Waals surface area contributed by atoms with Crippen LogP contribution in [0.1, 0.15) is 10.4 Å². The molecular formula is C15H12IN3O. The van der Waals surface area contributed by atoms with Gasteiger partial charge in [-0.3, -0.25) is 9.48 Å². The van der Waals surface area contributed by atoms with Gasteiger partial charge >= 0.3 is 0 Å². The van der Waals surface area contributed by atoms with Crippen LogP contribution in [0.5, 0.6) is 0 Å². The minimum absolute atomic E-state index is 0.105. The minimum Gasteiger partial charge on any atom is -0.322 e. The van der Waals surface area contributed by atoms with E-state index in [-0.39, 0.29) is 5.91 Å². The van der Waals surface area contributed by atoms with E-state index >= 15 is 0 Å². The quantitative estimate of drug-likeness (QED) is 0.696. The van der Waals surface area contributed by atoms with Crippen LogP contribution in [-0.4, -0.2) is 15.7 Å². The van der Waals surface area contributed by atoms with Crippen LogP contribution in [0.25, 0.3) is 10.9 Å². The van der Waals surface area contributed by atoms with Gasteiger partial charge in [0.1, 0.15) is 0 Å². The Morgan fingerprint density at radius 1 is 1.25 bits per heavy atom. The van der Waals surface area contributed by atoms with E-state index in [0.717, 1.165) is 20.2 Å². The van der Waals surface area contributed by atoms with Gasteiger partial charge in [0.2, 0.25) is 0 Å². The first-order valence-corrected chi connectivity index (χ1v) is 7.20. The molecular weight excluding hydrogens is 365 g/mol. The molecule has 1 N–H and O–H groups in total. The van der Waals surface area contributed by atoms with Crippen molar-refractivity contribution in [1.29, 1.82) is 0 Å². The van der Waals surface area contributed by atoms with Gasteiger partial charge in [-0.2, -0.15) is 5.10 Å². The number of amides is 1. The molecule has 1 heterocycles. The number of anilines is 1. The summed E-state index contributed by atoms with van der Waals surface area (Å²) in [5.74, 6) is -0.105. The maximum atomic E-state index is 12.2. The molecule has 0 radical (unpaired) electrons. The van der Waals surface area contributed by atoms with E-state index in [4.69, 9.17) is 0 Å². The molecule has 0 saturated carbocycles. The van der Waals surface area contributed by atoms with Gasteiger partial charge in [0.05, 0.1) is 11.7 Å². The number of carbonyl (C=O) groups excluding carboxylic acids is 1. The number of aromatic nitrogens is 2. The fraction of sp³-hybridized carbons (Fsp3) is 0.0667. The second-order valence-corrected chi connectivity index (χ2v) is 5.75. The van der Waals surface area contributed by atoms with Gasteiger partial charge in [-0.05, 0) is 59.0 Å². The van der Waals surface area contributed by atoms with E-state index in [0.29, 0.717) is 5.56 Å². The highest BCUT2D eigenvalue weighted by Gasteiger charge is 2.07. The number of rotatable bonds is 2. The van der Waals surface area contributed by atoms with Crippen LogP contribution in [-0.2, 0) is 7.05 Å². The summed E-state index contributed by atoms with van der Waals surface area (Å²) < 4.78 is 2.85. The fourth-order valence-electron chi connectivity index (χ4n) is 2.07. The summed E-state index contributed by atoms with van der Waals surface area (Å²) in [5.41, 5.74) is 2.47. The molecule has 1 aromatic heterocycles. The Hall–Kier alpha value is -1.89. The van der Waals surface area contributed by atoms with Gasteiger partial charge in [-0.1, -0.05) is 6.07 Å². The summed E-state index contributed by atoms with van der Waals surface area (Å²) >= 11 is 2.19. The molecule has 100 valence electrons. The third kappa shape index (κ3) is 2.53. The number of aryl methyl sites for hydroxylation is 1. The van der Waals surface area contributed by atoms with Crippen molar-refractivity contribution in [2.24, 2.45) is 7.05 Å². The minimum atomic E-state index is -0.105. The van der Waals surface area contributed by atoms with Crippen molar-refractivity contribution in [3.63, 3.8) is 0 Å². The van der Waals surface area contributed by atoms with Crippen LogP contribution in [0, 0.1) is 3.57 Å². The number of carbonyl (C=O) groups is 1. The van der Waals surface area contributed by atoms with E-state index in [1.54, 1.807) is 16.9 Å². The molecule has 0 atom stereocenters. The topological polar surface area (TPSA) is 46.9 Å². The molecule has 3 rings (SSSR count). The summed E-state index contributed by atoms with van der Waals surface area (Å²) in [6, 6.07) is 13.3. The van der Waals surface area contributed by atoms with Gasteiger partial charge in [-0.15, -0.1) is 0 Å². The summed E-state index contributed by atoms with van der Waals surface area (Å²) in [6.45, 7) is 0. The average molecular weight is 377 g/mol. The van der Waals surface area contributed by atoms with Gasteiger partial charge < -0.3 is 5.32 Å². The Bertz CT molecular complexity index is 795. The summed E-state index contributed by atoms with van der Waals surface area (Å²) in [6.07, 6.45) is 1.79. The van der Waals surface area contributed by atoms with Gasteiger partial charge in [0.25, 0.3) is 5.91 Å². The molecule has 3 aromatic rings. The maximum Gasteiger partial charge on any atom is 0.255 e. The van der Waals surface area contributed by atoms with Crippen LogP contribution in [0.15, 0.2) is 48.7 Å². The van der Waals surface area contributed by atoms with E-state index < -0.39 is 0 Å². The molecule has 0 saturated heterocycles. The Kier molecular flexibility index (Phi) is 3.43. The van der Waals surface area contributed by atoms with Crippen LogP contribution in [0.4, 0.5) is 5.69 Å². The maximum absolute atomic E-state index is 12.2. The largest absolute Gasteiger partial charge is 0.322 e. The molecule has 0 unspecified atom stereocenters. The van der Waals surface area contributed by atoms with E-state index in [1.165, 1.54) is 0 Å². The molecule has 0 fully saturated rings. The number of nitrogens with one attached hydrogen (secondary N) is 1. The second-order valence-electron chi connectivity index (χ2n) is 4.51. The number of benzene rings is 2. The Morgan fingerprint density at radius 3 is 2.90 bits per heavy atom. The van der Waals surface area contributed by atoms with Crippen molar-refractivity contribution in [3.05, 3.63) is 57.8 Å². The molecule has 2 aromatic carbocycles. The predicted molar refractivity (Wildman–Crippen MR) is 87.8 cm³/mol. The Morgan fingerprint density at radius 2 is 2.10 bits per heavy atom. The molecule has 0 aliphatic heterocycles. The molecule has 0 aliphatic rings. The highest BCUT2D eigenvalue weighted by Crippen LogP contribution is 2.19.